The van der Waals surface area contributed by atoms with Crippen molar-refractivity contribution in [2.45, 2.75) is 26.7 Å². The van der Waals surface area contributed by atoms with Crippen LogP contribution in [0.2, 0.25) is 0 Å². The molecule has 2 bridgehead atoms. The highest BCUT2D eigenvalue weighted by Gasteiger charge is 2.74. The van der Waals surface area contributed by atoms with E-state index in [1.807, 2.05) is 32.0 Å². The molecule has 1 aromatic rings. The Morgan fingerprint density at radius 2 is 1.62 bits per heavy atom. The van der Waals surface area contributed by atoms with Crippen LogP contribution in [0, 0.1) is 22.7 Å². The lowest BCUT2D eigenvalue weighted by Gasteiger charge is -2.30. The van der Waals surface area contributed by atoms with Gasteiger partial charge in [0.1, 0.15) is 5.78 Å². The summed E-state index contributed by atoms with van der Waals surface area (Å²) in [5.41, 5.74) is -0.399. The highest BCUT2D eigenvalue weighted by Crippen LogP contribution is 2.67. The number of rotatable bonds is 1. The average molecular weight is 283 g/mol. The van der Waals surface area contributed by atoms with Crippen molar-refractivity contribution in [1.29, 1.82) is 0 Å². The molecule has 2 saturated carbocycles. The van der Waals surface area contributed by atoms with Crippen LogP contribution in [0.25, 0.3) is 0 Å². The van der Waals surface area contributed by atoms with Crippen LogP contribution in [0.4, 0.5) is 5.69 Å². The minimum atomic E-state index is -0.657. The van der Waals surface area contributed by atoms with Gasteiger partial charge in [-0.15, -0.1) is 0 Å². The van der Waals surface area contributed by atoms with E-state index >= 15 is 0 Å². The molecule has 1 saturated heterocycles. The van der Waals surface area contributed by atoms with Gasteiger partial charge < -0.3 is 0 Å². The topological polar surface area (TPSA) is 54.5 Å². The molecule has 0 unspecified atom stereocenters. The van der Waals surface area contributed by atoms with Gasteiger partial charge in [0.15, 0.2) is 0 Å². The van der Waals surface area contributed by atoms with Crippen molar-refractivity contribution in [2.75, 3.05) is 4.90 Å². The zero-order chi connectivity index (χ0) is 15.0. The number of anilines is 1. The summed E-state index contributed by atoms with van der Waals surface area (Å²) in [4.78, 5) is 39.3. The van der Waals surface area contributed by atoms with Gasteiger partial charge >= 0.3 is 0 Å². The third-order valence-corrected chi connectivity index (χ3v) is 5.73. The van der Waals surface area contributed by atoms with Gasteiger partial charge in [0, 0.05) is 11.8 Å². The second kappa shape index (κ2) is 3.62. The third-order valence-electron chi connectivity index (χ3n) is 5.73. The second-order valence-electron chi connectivity index (χ2n) is 7.15. The van der Waals surface area contributed by atoms with Gasteiger partial charge in [-0.2, -0.15) is 0 Å². The van der Waals surface area contributed by atoms with E-state index in [2.05, 4.69) is 0 Å². The van der Waals surface area contributed by atoms with Crippen molar-refractivity contribution < 1.29 is 14.4 Å². The molecule has 2 aliphatic carbocycles. The summed E-state index contributed by atoms with van der Waals surface area (Å²) in [6, 6.07) is 9.02. The van der Waals surface area contributed by atoms with Crippen molar-refractivity contribution in [1.82, 2.24) is 0 Å². The predicted octanol–water partition coefficient (Wildman–Crippen LogP) is 2.18. The Kier molecular flexibility index (Phi) is 2.19. The summed E-state index contributed by atoms with van der Waals surface area (Å²) in [5.74, 6) is -1.00. The van der Waals surface area contributed by atoms with Crippen LogP contribution in [-0.2, 0) is 14.4 Å². The first kappa shape index (κ1) is 12.7. The van der Waals surface area contributed by atoms with Crippen LogP contribution in [0.1, 0.15) is 26.7 Å². The number of carbonyl (C=O) groups is 3. The fourth-order valence-electron chi connectivity index (χ4n) is 4.92. The SMILES string of the molecule is C[C@@]12CC(=O)[C@@](C)(C1)[C@H]1C(=O)N(c3ccccc3)C(=O)[C@@H]12. The molecular weight excluding hydrogens is 266 g/mol. The molecule has 0 aromatic heterocycles. The molecule has 2 amide bonds. The zero-order valence-corrected chi connectivity index (χ0v) is 12.1. The largest absolute Gasteiger partial charge is 0.299 e. The lowest BCUT2D eigenvalue weighted by Crippen LogP contribution is -2.40. The number of para-hydroxylation sites is 1. The molecule has 0 radical (unpaired) electrons. The standard InChI is InChI=1S/C17H17NO3/c1-16-8-11(19)17(2,9-16)13-12(16)14(20)18(15(13)21)10-6-4-3-5-7-10/h3-7,12-13H,8-9H2,1-2H3/t12-,13-,16-,17-/m1/s1. The van der Waals surface area contributed by atoms with Crippen molar-refractivity contribution in [3.05, 3.63) is 30.3 Å². The maximum absolute atomic E-state index is 12.8. The third kappa shape index (κ3) is 1.33. The van der Waals surface area contributed by atoms with Gasteiger partial charge in [-0.05, 0) is 24.0 Å². The fraction of sp³-hybridized carbons (Fsp3) is 0.471. The summed E-state index contributed by atoms with van der Waals surface area (Å²) in [6.07, 6.45) is 1.08. The number of hydrogen-bond donors (Lipinski definition) is 0. The van der Waals surface area contributed by atoms with E-state index in [0.29, 0.717) is 18.5 Å². The molecule has 0 spiro atoms. The van der Waals surface area contributed by atoms with Crippen LogP contribution < -0.4 is 4.90 Å². The first-order chi connectivity index (χ1) is 9.88. The highest BCUT2D eigenvalue weighted by atomic mass is 16.2. The number of amides is 2. The van der Waals surface area contributed by atoms with Gasteiger partial charge in [-0.1, -0.05) is 32.0 Å². The van der Waals surface area contributed by atoms with Crippen molar-refractivity contribution in [3.63, 3.8) is 0 Å². The van der Waals surface area contributed by atoms with Crippen LogP contribution >= 0.6 is 0 Å². The van der Waals surface area contributed by atoms with E-state index < -0.39 is 11.3 Å². The number of nitrogens with zero attached hydrogens (tertiary/aromatic N) is 1. The van der Waals surface area contributed by atoms with Crippen molar-refractivity contribution in [2.24, 2.45) is 22.7 Å². The van der Waals surface area contributed by atoms with Crippen LogP contribution in [-0.4, -0.2) is 17.6 Å². The summed E-state index contributed by atoms with van der Waals surface area (Å²) in [5, 5.41) is 0. The number of ketones is 1. The molecule has 4 nitrogen and oxygen atoms in total. The Morgan fingerprint density at radius 1 is 1.00 bits per heavy atom. The smallest absolute Gasteiger partial charge is 0.238 e. The molecule has 3 aliphatic rings. The molecule has 1 aromatic carbocycles. The van der Waals surface area contributed by atoms with E-state index in [1.54, 1.807) is 12.1 Å². The molecule has 108 valence electrons. The van der Waals surface area contributed by atoms with E-state index in [-0.39, 0.29) is 28.9 Å². The van der Waals surface area contributed by atoms with E-state index in [1.165, 1.54) is 4.90 Å². The zero-order valence-electron chi connectivity index (χ0n) is 12.1. The molecule has 4 atom stereocenters. The Balaban J connectivity index is 1.84. The first-order valence-electron chi connectivity index (χ1n) is 7.35. The predicted molar refractivity (Wildman–Crippen MR) is 76.4 cm³/mol. The van der Waals surface area contributed by atoms with Gasteiger partial charge in [-0.3, -0.25) is 19.3 Å². The average Bonchev–Trinajstić information content (AvgIpc) is 2.93. The molecule has 1 heterocycles. The fourth-order valence-corrected chi connectivity index (χ4v) is 4.92. The Hall–Kier alpha value is -1.97. The number of Topliss-reactive ketones (excluding diaryl/α,β-unsaturated/α-hetero) is 1. The van der Waals surface area contributed by atoms with Gasteiger partial charge in [0.25, 0.3) is 0 Å². The lowest BCUT2D eigenvalue weighted by atomic mass is 9.68. The molecule has 3 fully saturated rings. The maximum atomic E-state index is 12.8. The molecule has 4 rings (SSSR count). The Morgan fingerprint density at radius 3 is 2.29 bits per heavy atom. The molecule has 4 heteroatoms. The quantitative estimate of drug-likeness (QED) is 0.742. The highest BCUT2D eigenvalue weighted by molar-refractivity contribution is 6.24. The number of benzene rings is 1. The van der Waals surface area contributed by atoms with Crippen molar-refractivity contribution in [3.8, 4) is 0 Å². The monoisotopic (exact) mass is 283 g/mol. The number of carbonyl (C=O) groups excluding carboxylic acids is 3. The molecular formula is C17H17NO3. The molecule has 0 N–H and O–H groups in total. The van der Waals surface area contributed by atoms with E-state index in [0.717, 1.165) is 0 Å². The van der Waals surface area contributed by atoms with Gasteiger partial charge in [0.05, 0.1) is 17.5 Å². The minimum absolute atomic E-state index is 0.130. The minimum Gasteiger partial charge on any atom is -0.299 e. The summed E-state index contributed by atoms with van der Waals surface area (Å²) >= 11 is 0. The van der Waals surface area contributed by atoms with Gasteiger partial charge in [0.2, 0.25) is 11.8 Å². The van der Waals surface area contributed by atoms with Crippen LogP contribution in [0.3, 0.4) is 0 Å². The Bertz CT molecular complexity index is 683. The number of imide groups is 1. The first-order valence-corrected chi connectivity index (χ1v) is 7.35. The lowest BCUT2D eigenvalue weighted by molar-refractivity contribution is -0.138. The summed E-state index contributed by atoms with van der Waals surface area (Å²) < 4.78 is 0. The van der Waals surface area contributed by atoms with E-state index in [9.17, 15) is 14.4 Å². The normalized spacial score (nSPS) is 41.0. The Labute approximate surface area is 123 Å². The molecule has 21 heavy (non-hydrogen) atoms. The van der Waals surface area contributed by atoms with Crippen molar-refractivity contribution >= 4 is 23.3 Å². The summed E-state index contributed by atoms with van der Waals surface area (Å²) in [7, 11) is 0. The number of fused-ring (bicyclic) bond motifs is 5. The second-order valence-corrected chi connectivity index (χ2v) is 7.15. The van der Waals surface area contributed by atoms with Crippen LogP contribution in [0.15, 0.2) is 30.3 Å². The van der Waals surface area contributed by atoms with Gasteiger partial charge in [-0.25, -0.2) is 0 Å². The molecule has 1 aliphatic heterocycles. The maximum Gasteiger partial charge on any atom is 0.238 e. The van der Waals surface area contributed by atoms with Crippen LogP contribution in [0.5, 0.6) is 0 Å². The summed E-state index contributed by atoms with van der Waals surface area (Å²) in [6.45, 7) is 3.85. The number of hydrogen-bond acceptors (Lipinski definition) is 3. The van der Waals surface area contributed by atoms with E-state index in [4.69, 9.17) is 0 Å².